The largest absolute Gasteiger partial charge is 0.496 e. The Hall–Kier alpha value is -2.98. The maximum Gasteiger partial charge on any atom is 0.266 e. The zero-order valence-corrected chi connectivity index (χ0v) is 18.0. The summed E-state index contributed by atoms with van der Waals surface area (Å²) in [4.78, 5) is 14.8. The number of nitriles is 1. The standard InChI is InChI=1S/C22H22BrN3O3/c1-28-20-13-19(26-8-3-4-9-26)21(29-2)11-15(20)10-16(14-24)22(27)25-18-7-5-6-17(23)12-18/h5-7,10-13H,3-4,8-9H2,1-2H3,(H,25,27)/b16-10-. The molecule has 0 radical (unpaired) electrons. The molecular weight excluding hydrogens is 434 g/mol. The average molecular weight is 456 g/mol. The van der Waals surface area contributed by atoms with Crippen LogP contribution in [0.3, 0.4) is 0 Å². The maximum absolute atomic E-state index is 12.6. The van der Waals surface area contributed by atoms with E-state index in [9.17, 15) is 10.1 Å². The molecule has 2 aromatic carbocycles. The first-order valence-electron chi connectivity index (χ1n) is 9.25. The molecule has 1 N–H and O–H groups in total. The number of carbonyl (C=O) groups is 1. The molecule has 0 bridgehead atoms. The van der Waals surface area contributed by atoms with E-state index in [0.29, 0.717) is 22.7 Å². The van der Waals surface area contributed by atoms with Crippen molar-refractivity contribution < 1.29 is 14.3 Å². The van der Waals surface area contributed by atoms with Crippen molar-refractivity contribution in [3.05, 3.63) is 52.0 Å². The Balaban J connectivity index is 1.93. The van der Waals surface area contributed by atoms with Crippen molar-refractivity contribution in [2.45, 2.75) is 12.8 Å². The lowest BCUT2D eigenvalue weighted by Gasteiger charge is -2.22. The summed E-state index contributed by atoms with van der Waals surface area (Å²) in [5, 5.41) is 12.3. The molecule has 1 amide bonds. The predicted octanol–water partition coefficient (Wildman–Crippen LogP) is 4.61. The van der Waals surface area contributed by atoms with Crippen LogP contribution in [0, 0.1) is 11.3 Å². The van der Waals surface area contributed by atoms with Crippen molar-refractivity contribution in [1.82, 2.24) is 0 Å². The van der Waals surface area contributed by atoms with Gasteiger partial charge in [-0.3, -0.25) is 4.79 Å². The molecule has 1 heterocycles. The molecule has 1 saturated heterocycles. The van der Waals surface area contributed by atoms with Crippen molar-refractivity contribution in [2.24, 2.45) is 0 Å². The lowest BCUT2D eigenvalue weighted by atomic mass is 10.1. The minimum atomic E-state index is -0.491. The average Bonchev–Trinajstić information content (AvgIpc) is 3.26. The van der Waals surface area contributed by atoms with Crippen LogP contribution in [0.5, 0.6) is 11.5 Å². The topological polar surface area (TPSA) is 74.6 Å². The van der Waals surface area contributed by atoms with Crippen LogP contribution in [0.15, 0.2) is 46.4 Å². The van der Waals surface area contributed by atoms with Crippen LogP contribution in [0.2, 0.25) is 0 Å². The Morgan fingerprint density at radius 2 is 1.90 bits per heavy atom. The van der Waals surface area contributed by atoms with Gasteiger partial charge in [-0.25, -0.2) is 0 Å². The first kappa shape index (κ1) is 20.7. The van der Waals surface area contributed by atoms with Crippen molar-refractivity contribution >= 4 is 39.3 Å². The van der Waals surface area contributed by atoms with Crippen LogP contribution in [-0.2, 0) is 4.79 Å². The zero-order chi connectivity index (χ0) is 20.8. The lowest BCUT2D eigenvalue weighted by Crippen LogP contribution is -2.18. The van der Waals surface area contributed by atoms with E-state index >= 15 is 0 Å². The normalized spacial score (nSPS) is 13.7. The monoisotopic (exact) mass is 455 g/mol. The summed E-state index contributed by atoms with van der Waals surface area (Å²) in [6.07, 6.45) is 3.80. The molecule has 1 aliphatic rings. The van der Waals surface area contributed by atoms with E-state index in [4.69, 9.17) is 9.47 Å². The number of carbonyl (C=O) groups excluding carboxylic acids is 1. The van der Waals surface area contributed by atoms with E-state index in [1.54, 1.807) is 38.5 Å². The smallest absolute Gasteiger partial charge is 0.266 e. The maximum atomic E-state index is 12.6. The van der Waals surface area contributed by atoms with Gasteiger partial charge in [0, 0.05) is 34.9 Å². The molecule has 0 spiro atoms. The number of methoxy groups -OCH3 is 2. The van der Waals surface area contributed by atoms with Crippen molar-refractivity contribution in [2.75, 3.05) is 37.5 Å². The number of anilines is 2. The summed E-state index contributed by atoms with van der Waals surface area (Å²) in [7, 11) is 3.18. The van der Waals surface area contributed by atoms with Gasteiger partial charge in [-0.05, 0) is 43.2 Å². The summed E-state index contributed by atoms with van der Waals surface area (Å²) in [5.74, 6) is 0.773. The molecule has 1 fully saturated rings. The van der Waals surface area contributed by atoms with Crippen LogP contribution >= 0.6 is 15.9 Å². The second-order valence-corrected chi connectivity index (χ2v) is 7.51. The van der Waals surface area contributed by atoms with E-state index in [-0.39, 0.29) is 5.57 Å². The quantitative estimate of drug-likeness (QED) is 0.508. The summed E-state index contributed by atoms with van der Waals surface area (Å²) in [6.45, 7) is 1.93. The van der Waals surface area contributed by atoms with Crippen LogP contribution in [-0.4, -0.2) is 33.2 Å². The Bertz CT molecular complexity index is 976. The number of halogens is 1. The highest BCUT2D eigenvalue weighted by Crippen LogP contribution is 2.38. The number of rotatable bonds is 6. The Labute approximate surface area is 178 Å². The molecule has 150 valence electrons. The van der Waals surface area contributed by atoms with Gasteiger partial charge in [0.25, 0.3) is 5.91 Å². The van der Waals surface area contributed by atoms with Gasteiger partial charge in [0.1, 0.15) is 23.1 Å². The first-order valence-corrected chi connectivity index (χ1v) is 10.0. The summed E-state index contributed by atoms with van der Waals surface area (Å²) < 4.78 is 11.9. The molecule has 1 aliphatic heterocycles. The van der Waals surface area contributed by atoms with Crippen molar-refractivity contribution in [3.8, 4) is 17.6 Å². The molecule has 7 heteroatoms. The lowest BCUT2D eigenvalue weighted by molar-refractivity contribution is -0.112. The second kappa shape index (κ2) is 9.48. The molecule has 0 saturated carbocycles. The highest BCUT2D eigenvalue weighted by Gasteiger charge is 2.20. The number of hydrogen-bond donors (Lipinski definition) is 1. The van der Waals surface area contributed by atoms with E-state index in [0.717, 1.165) is 36.1 Å². The van der Waals surface area contributed by atoms with E-state index in [2.05, 4.69) is 26.1 Å². The summed E-state index contributed by atoms with van der Waals surface area (Å²) in [5.41, 5.74) is 2.13. The van der Waals surface area contributed by atoms with Crippen LogP contribution in [0.25, 0.3) is 6.08 Å². The number of amides is 1. The third kappa shape index (κ3) is 4.90. The third-order valence-corrected chi connectivity index (χ3v) is 5.22. The Kier molecular flexibility index (Phi) is 6.78. The number of hydrogen-bond acceptors (Lipinski definition) is 5. The van der Waals surface area contributed by atoms with E-state index in [1.165, 1.54) is 6.08 Å². The molecule has 2 aromatic rings. The predicted molar refractivity (Wildman–Crippen MR) is 117 cm³/mol. The fourth-order valence-corrected chi connectivity index (χ4v) is 3.69. The van der Waals surface area contributed by atoms with Gasteiger partial charge in [-0.2, -0.15) is 5.26 Å². The molecular formula is C22H22BrN3O3. The molecule has 6 nitrogen and oxygen atoms in total. The first-order chi connectivity index (χ1) is 14.0. The molecule has 0 unspecified atom stereocenters. The summed E-state index contributed by atoms with van der Waals surface area (Å²) >= 11 is 3.36. The number of ether oxygens (including phenoxy) is 2. The van der Waals surface area contributed by atoms with Gasteiger partial charge >= 0.3 is 0 Å². The number of nitrogens with one attached hydrogen (secondary N) is 1. The SMILES string of the molecule is COc1cc(N2CCCC2)c(OC)cc1/C=C(/C#N)C(=O)Nc1cccc(Br)c1. The molecule has 0 atom stereocenters. The second-order valence-electron chi connectivity index (χ2n) is 6.59. The number of nitrogens with zero attached hydrogens (tertiary/aromatic N) is 2. The van der Waals surface area contributed by atoms with Crippen molar-refractivity contribution in [1.29, 1.82) is 5.26 Å². The fourth-order valence-electron chi connectivity index (χ4n) is 3.29. The van der Waals surface area contributed by atoms with Crippen molar-refractivity contribution in [3.63, 3.8) is 0 Å². The van der Waals surface area contributed by atoms with Gasteiger partial charge in [-0.1, -0.05) is 22.0 Å². The van der Waals surface area contributed by atoms with Crippen LogP contribution in [0.1, 0.15) is 18.4 Å². The molecule has 29 heavy (non-hydrogen) atoms. The van der Waals surface area contributed by atoms with E-state index in [1.807, 2.05) is 18.2 Å². The Morgan fingerprint density at radius 3 is 2.52 bits per heavy atom. The zero-order valence-electron chi connectivity index (χ0n) is 16.4. The van der Waals surface area contributed by atoms with Gasteiger partial charge in [0.05, 0.1) is 19.9 Å². The van der Waals surface area contributed by atoms with Crippen LogP contribution < -0.4 is 19.7 Å². The highest BCUT2D eigenvalue weighted by atomic mass is 79.9. The summed E-state index contributed by atoms with van der Waals surface area (Å²) in [6, 6.07) is 12.9. The van der Waals surface area contributed by atoms with Gasteiger partial charge in [-0.15, -0.1) is 0 Å². The minimum Gasteiger partial charge on any atom is -0.496 e. The molecule has 0 aromatic heterocycles. The van der Waals surface area contributed by atoms with E-state index < -0.39 is 5.91 Å². The molecule has 3 rings (SSSR count). The van der Waals surface area contributed by atoms with Gasteiger partial charge in [0.2, 0.25) is 0 Å². The molecule has 0 aliphatic carbocycles. The highest BCUT2D eigenvalue weighted by molar-refractivity contribution is 9.10. The fraction of sp³-hybridized carbons (Fsp3) is 0.273. The minimum absolute atomic E-state index is 0.0285. The Morgan fingerprint density at radius 1 is 1.17 bits per heavy atom. The number of benzene rings is 2. The van der Waals surface area contributed by atoms with Crippen LogP contribution in [0.4, 0.5) is 11.4 Å². The third-order valence-electron chi connectivity index (χ3n) is 4.73. The van der Waals surface area contributed by atoms with Gasteiger partial charge < -0.3 is 19.7 Å². The van der Waals surface area contributed by atoms with Gasteiger partial charge in [0.15, 0.2) is 0 Å².